The van der Waals surface area contributed by atoms with Crippen molar-refractivity contribution in [1.29, 1.82) is 0 Å². The number of rotatable bonds is 6. The molecule has 124 valence electrons. The Labute approximate surface area is 153 Å². The molecular weight excluding hydrogens is 358 g/mol. The van der Waals surface area contributed by atoms with Gasteiger partial charge in [-0.1, -0.05) is 29.2 Å². The maximum atomic E-state index is 12.6. The van der Waals surface area contributed by atoms with Crippen molar-refractivity contribution in [3.05, 3.63) is 52.8 Å². The van der Waals surface area contributed by atoms with Gasteiger partial charge in [-0.25, -0.2) is 0 Å². The molecule has 0 aliphatic heterocycles. The lowest BCUT2D eigenvalue weighted by atomic mass is 10.2. The SMILES string of the molecule is CSc1cccc(-n2c(C)cc(C(=O)CSc3nncs3)c2C)c1. The van der Waals surface area contributed by atoms with Crippen LogP contribution in [0.3, 0.4) is 0 Å². The summed E-state index contributed by atoms with van der Waals surface area (Å²) in [6, 6.07) is 10.3. The van der Waals surface area contributed by atoms with Gasteiger partial charge in [0.2, 0.25) is 0 Å². The lowest BCUT2D eigenvalue weighted by Gasteiger charge is -2.11. The smallest absolute Gasteiger partial charge is 0.174 e. The number of hydrogen-bond donors (Lipinski definition) is 0. The van der Waals surface area contributed by atoms with E-state index in [1.54, 1.807) is 17.3 Å². The first-order valence-electron chi connectivity index (χ1n) is 7.35. The summed E-state index contributed by atoms with van der Waals surface area (Å²) < 4.78 is 2.97. The average molecular weight is 376 g/mol. The van der Waals surface area contributed by atoms with E-state index in [0.717, 1.165) is 27.0 Å². The topological polar surface area (TPSA) is 47.8 Å². The quantitative estimate of drug-likeness (QED) is 0.464. The van der Waals surface area contributed by atoms with E-state index < -0.39 is 0 Å². The van der Waals surface area contributed by atoms with Crippen LogP contribution in [0.25, 0.3) is 5.69 Å². The molecule has 0 N–H and O–H groups in total. The van der Waals surface area contributed by atoms with Crippen LogP contribution in [-0.4, -0.2) is 32.6 Å². The van der Waals surface area contributed by atoms with E-state index in [1.807, 2.05) is 26.0 Å². The molecule has 2 heterocycles. The molecule has 24 heavy (non-hydrogen) atoms. The van der Waals surface area contributed by atoms with Gasteiger partial charge in [-0.05, 0) is 44.4 Å². The van der Waals surface area contributed by atoms with E-state index in [2.05, 4.69) is 39.2 Å². The predicted octanol–water partition coefficient (Wildman–Crippen LogP) is 4.64. The van der Waals surface area contributed by atoms with Crippen molar-refractivity contribution >= 4 is 40.6 Å². The number of hydrogen-bond acceptors (Lipinski definition) is 6. The van der Waals surface area contributed by atoms with Crippen LogP contribution in [0.2, 0.25) is 0 Å². The zero-order valence-corrected chi connectivity index (χ0v) is 16.1. The number of aryl methyl sites for hydroxylation is 1. The van der Waals surface area contributed by atoms with Crippen molar-refractivity contribution < 1.29 is 4.79 Å². The first-order chi connectivity index (χ1) is 11.6. The molecule has 0 saturated heterocycles. The van der Waals surface area contributed by atoms with Gasteiger partial charge in [0.25, 0.3) is 0 Å². The van der Waals surface area contributed by atoms with Crippen LogP contribution in [0, 0.1) is 13.8 Å². The summed E-state index contributed by atoms with van der Waals surface area (Å²) in [6.07, 6.45) is 2.06. The molecule has 2 aromatic heterocycles. The van der Waals surface area contributed by atoms with Gasteiger partial charge in [-0.15, -0.1) is 22.0 Å². The van der Waals surface area contributed by atoms with Gasteiger partial charge in [0.15, 0.2) is 10.1 Å². The van der Waals surface area contributed by atoms with Gasteiger partial charge < -0.3 is 4.57 Å². The van der Waals surface area contributed by atoms with E-state index in [0.29, 0.717) is 5.75 Å². The van der Waals surface area contributed by atoms with Gasteiger partial charge in [-0.2, -0.15) is 0 Å². The van der Waals surface area contributed by atoms with Crippen molar-refractivity contribution in [2.75, 3.05) is 12.0 Å². The van der Waals surface area contributed by atoms with Crippen LogP contribution in [0.4, 0.5) is 0 Å². The highest BCUT2D eigenvalue weighted by Gasteiger charge is 2.17. The molecule has 0 unspecified atom stereocenters. The maximum absolute atomic E-state index is 12.6. The number of carbonyl (C=O) groups excluding carboxylic acids is 1. The largest absolute Gasteiger partial charge is 0.318 e. The van der Waals surface area contributed by atoms with Gasteiger partial charge in [-0.3, -0.25) is 4.79 Å². The van der Waals surface area contributed by atoms with Crippen LogP contribution in [0.5, 0.6) is 0 Å². The van der Waals surface area contributed by atoms with E-state index in [-0.39, 0.29) is 5.78 Å². The number of carbonyl (C=O) groups is 1. The van der Waals surface area contributed by atoms with Gasteiger partial charge >= 0.3 is 0 Å². The first-order valence-corrected chi connectivity index (χ1v) is 10.4. The van der Waals surface area contributed by atoms with Gasteiger partial charge in [0.1, 0.15) is 5.51 Å². The van der Waals surface area contributed by atoms with Crippen LogP contribution < -0.4 is 0 Å². The van der Waals surface area contributed by atoms with Crippen molar-refractivity contribution in [1.82, 2.24) is 14.8 Å². The Bertz CT molecular complexity index is 856. The molecule has 0 atom stereocenters. The predicted molar refractivity (Wildman–Crippen MR) is 102 cm³/mol. The Morgan fingerprint density at radius 2 is 2.12 bits per heavy atom. The van der Waals surface area contributed by atoms with E-state index in [9.17, 15) is 4.79 Å². The number of Topliss-reactive ketones (excluding diaryl/α,β-unsaturated/α-hetero) is 1. The summed E-state index contributed by atoms with van der Waals surface area (Å²) in [5, 5.41) is 7.76. The molecule has 0 saturated carbocycles. The third-order valence-electron chi connectivity index (χ3n) is 3.71. The number of aromatic nitrogens is 3. The number of nitrogens with zero attached hydrogens (tertiary/aromatic N) is 3. The summed E-state index contributed by atoms with van der Waals surface area (Å²) in [6.45, 7) is 4.04. The second-order valence-electron chi connectivity index (χ2n) is 5.24. The molecule has 0 fully saturated rings. The first kappa shape index (κ1) is 17.3. The molecule has 4 nitrogen and oxygen atoms in total. The van der Waals surface area contributed by atoms with Gasteiger partial charge in [0.05, 0.1) is 5.75 Å². The summed E-state index contributed by atoms with van der Waals surface area (Å²) in [4.78, 5) is 13.8. The highest BCUT2D eigenvalue weighted by atomic mass is 32.2. The fourth-order valence-corrected chi connectivity index (χ4v) is 4.45. The minimum absolute atomic E-state index is 0.121. The normalized spacial score (nSPS) is 11.0. The number of thioether (sulfide) groups is 2. The van der Waals surface area contributed by atoms with E-state index >= 15 is 0 Å². The van der Waals surface area contributed by atoms with Crippen LogP contribution in [0.1, 0.15) is 21.7 Å². The fourth-order valence-electron chi connectivity index (χ4n) is 2.62. The highest BCUT2D eigenvalue weighted by Crippen LogP contribution is 2.26. The average Bonchev–Trinajstić information content (AvgIpc) is 3.20. The number of benzene rings is 1. The number of ketones is 1. The standard InChI is InChI=1S/C17H17N3OS3/c1-11-7-15(16(21)9-23-17-19-18-10-24-17)12(2)20(11)13-5-4-6-14(8-13)22-3/h4-8,10H,9H2,1-3H3. The zero-order valence-electron chi connectivity index (χ0n) is 13.6. The Hall–Kier alpha value is -1.57. The molecule has 7 heteroatoms. The maximum Gasteiger partial charge on any atom is 0.174 e. The third kappa shape index (κ3) is 3.58. The second-order valence-corrected chi connectivity index (χ2v) is 8.17. The van der Waals surface area contributed by atoms with Crippen LogP contribution in [0.15, 0.2) is 45.1 Å². The molecule has 0 bridgehead atoms. The molecule has 0 aliphatic rings. The van der Waals surface area contributed by atoms with Gasteiger partial charge in [0, 0.05) is 27.5 Å². The summed E-state index contributed by atoms with van der Waals surface area (Å²) >= 11 is 4.61. The summed E-state index contributed by atoms with van der Waals surface area (Å²) in [5.41, 5.74) is 5.59. The lowest BCUT2D eigenvalue weighted by Crippen LogP contribution is -2.05. The molecule has 3 rings (SSSR count). The fraction of sp³-hybridized carbons (Fsp3) is 0.235. The highest BCUT2D eigenvalue weighted by molar-refractivity contribution is 8.01. The Morgan fingerprint density at radius 1 is 1.29 bits per heavy atom. The zero-order chi connectivity index (χ0) is 17.1. The molecule has 0 aliphatic carbocycles. The van der Waals surface area contributed by atoms with E-state index in [4.69, 9.17) is 0 Å². The Morgan fingerprint density at radius 3 is 2.83 bits per heavy atom. The van der Waals surface area contributed by atoms with Crippen molar-refractivity contribution in [2.45, 2.75) is 23.1 Å². The second kappa shape index (κ2) is 7.55. The molecule has 0 spiro atoms. The molecule has 0 radical (unpaired) electrons. The van der Waals surface area contributed by atoms with Crippen molar-refractivity contribution in [3.8, 4) is 5.69 Å². The third-order valence-corrected chi connectivity index (χ3v) is 6.30. The Balaban J connectivity index is 1.87. The molecule has 3 aromatic rings. The monoisotopic (exact) mass is 375 g/mol. The summed E-state index contributed by atoms with van der Waals surface area (Å²) in [5.74, 6) is 0.500. The van der Waals surface area contributed by atoms with Crippen LogP contribution in [-0.2, 0) is 0 Å². The minimum Gasteiger partial charge on any atom is -0.318 e. The Kier molecular flexibility index (Phi) is 5.43. The lowest BCUT2D eigenvalue weighted by molar-refractivity contribution is 0.102. The van der Waals surface area contributed by atoms with Crippen molar-refractivity contribution in [3.63, 3.8) is 0 Å². The van der Waals surface area contributed by atoms with Crippen molar-refractivity contribution in [2.24, 2.45) is 0 Å². The molecular formula is C17H17N3OS3. The minimum atomic E-state index is 0.121. The molecule has 0 amide bonds. The summed E-state index contributed by atoms with van der Waals surface area (Å²) in [7, 11) is 0. The molecule has 1 aromatic carbocycles. The van der Waals surface area contributed by atoms with Crippen LogP contribution >= 0.6 is 34.9 Å². The van der Waals surface area contributed by atoms with E-state index in [1.165, 1.54) is 28.0 Å².